The van der Waals surface area contributed by atoms with Crippen LogP contribution in [0, 0.1) is 5.82 Å². The van der Waals surface area contributed by atoms with Crippen molar-refractivity contribution in [1.82, 2.24) is 10.3 Å². The summed E-state index contributed by atoms with van der Waals surface area (Å²) in [5, 5.41) is 13.3. The van der Waals surface area contributed by atoms with Crippen molar-refractivity contribution >= 4 is 0 Å². The van der Waals surface area contributed by atoms with E-state index >= 15 is 0 Å². The molecule has 0 spiro atoms. The number of nitrogens with one attached hydrogen (secondary N) is 1. The molecule has 0 aliphatic carbocycles. The van der Waals surface area contributed by atoms with Crippen molar-refractivity contribution in [3.63, 3.8) is 0 Å². The zero-order valence-electron chi connectivity index (χ0n) is 13.3. The fourth-order valence-electron chi connectivity index (χ4n) is 2.40. The molecule has 0 fully saturated rings. The minimum atomic E-state index is -0.725. The summed E-state index contributed by atoms with van der Waals surface area (Å²) in [7, 11) is 0. The van der Waals surface area contributed by atoms with Crippen LogP contribution < -0.4 is 5.32 Å². The van der Waals surface area contributed by atoms with Crippen molar-refractivity contribution in [2.24, 2.45) is 0 Å². The van der Waals surface area contributed by atoms with Crippen LogP contribution >= 0.6 is 0 Å². The number of aliphatic hydroxyl groups excluding tert-OH is 1. The molecule has 1 aromatic heterocycles. The lowest BCUT2D eigenvalue weighted by atomic mass is 10.1. The summed E-state index contributed by atoms with van der Waals surface area (Å²) in [4.78, 5) is 4.29. The maximum absolute atomic E-state index is 12.9. The monoisotopic (exact) mass is 326 g/mol. The largest absolute Gasteiger partial charge is 0.439 e. The topological polar surface area (TPSA) is 58.3 Å². The van der Waals surface area contributed by atoms with E-state index in [0.717, 1.165) is 5.56 Å². The molecule has 0 unspecified atom stereocenters. The van der Waals surface area contributed by atoms with E-state index < -0.39 is 6.10 Å². The second-order valence-corrected chi connectivity index (χ2v) is 5.63. The second kappa shape index (κ2) is 7.38. The smallest absolute Gasteiger partial charge is 0.211 e. The van der Waals surface area contributed by atoms with Gasteiger partial charge in [-0.2, -0.15) is 0 Å². The number of hydrogen-bond acceptors (Lipinski definition) is 4. The molecule has 0 amide bonds. The zero-order valence-corrected chi connectivity index (χ0v) is 13.3. The number of benzene rings is 2. The predicted molar refractivity (Wildman–Crippen MR) is 89.7 cm³/mol. The highest BCUT2D eigenvalue weighted by atomic mass is 19.1. The van der Waals surface area contributed by atoms with Crippen LogP contribution in [0.1, 0.15) is 30.5 Å². The zero-order chi connectivity index (χ0) is 16.9. The third-order valence-electron chi connectivity index (χ3n) is 3.82. The van der Waals surface area contributed by atoms with E-state index in [1.807, 2.05) is 37.3 Å². The minimum Gasteiger partial charge on any atom is -0.439 e. The lowest BCUT2D eigenvalue weighted by molar-refractivity contribution is 0.168. The van der Waals surface area contributed by atoms with E-state index in [1.165, 1.54) is 12.1 Å². The lowest BCUT2D eigenvalue weighted by Crippen LogP contribution is -2.24. The summed E-state index contributed by atoms with van der Waals surface area (Å²) in [5.74, 6) is 0.944. The number of halogens is 1. The van der Waals surface area contributed by atoms with Gasteiger partial charge in [-0.3, -0.25) is 0 Å². The summed E-state index contributed by atoms with van der Waals surface area (Å²) < 4.78 is 18.7. The molecule has 4 nitrogen and oxygen atoms in total. The normalized spacial score (nSPS) is 13.6. The van der Waals surface area contributed by atoms with Gasteiger partial charge in [-0.15, -0.1) is 0 Å². The van der Waals surface area contributed by atoms with Gasteiger partial charge in [0.15, 0.2) is 5.76 Å². The van der Waals surface area contributed by atoms with Gasteiger partial charge in [-0.05, 0) is 24.6 Å². The Hall–Kier alpha value is -2.50. The third kappa shape index (κ3) is 3.88. The first-order valence-corrected chi connectivity index (χ1v) is 7.81. The standard InChI is InChI=1S/C19H19FN2O2/c1-13(21-11-17(23)14-7-9-16(20)10-8-14)19-22-12-18(24-19)15-5-3-2-4-6-15/h2-10,12-13,17,21,23H,11H2,1H3/t13-,17+/m1/s1. The molecule has 0 bridgehead atoms. The summed E-state index contributed by atoms with van der Waals surface area (Å²) in [6, 6.07) is 15.4. The SMILES string of the molecule is C[C@@H](NC[C@H](O)c1ccc(F)cc1)c1ncc(-c2ccccc2)o1. The molecule has 0 saturated heterocycles. The van der Waals surface area contributed by atoms with Gasteiger partial charge < -0.3 is 14.8 Å². The highest BCUT2D eigenvalue weighted by molar-refractivity contribution is 5.55. The molecule has 2 aromatic carbocycles. The summed E-state index contributed by atoms with van der Waals surface area (Å²) >= 11 is 0. The summed E-state index contributed by atoms with van der Waals surface area (Å²) in [6.07, 6.45) is 0.968. The molecule has 2 N–H and O–H groups in total. The van der Waals surface area contributed by atoms with Crippen molar-refractivity contribution in [2.75, 3.05) is 6.54 Å². The Morgan fingerprint density at radius 3 is 2.54 bits per heavy atom. The molecule has 1 heterocycles. The average Bonchev–Trinajstić information content (AvgIpc) is 3.11. The van der Waals surface area contributed by atoms with Crippen molar-refractivity contribution in [3.8, 4) is 11.3 Å². The van der Waals surface area contributed by atoms with Gasteiger partial charge in [-0.25, -0.2) is 9.37 Å². The molecule has 3 rings (SSSR count). The van der Waals surface area contributed by atoms with Crippen LogP contribution in [-0.4, -0.2) is 16.6 Å². The van der Waals surface area contributed by atoms with Gasteiger partial charge in [-0.1, -0.05) is 42.5 Å². The molecular weight excluding hydrogens is 307 g/mol. The molecule has 2 atom stereocenters. The van der Waals surface area contributed by atoms with E-state index in [0.29, 0.717) is 23.8 Å². The van der Waals surface area contributed by atoms with Crippen LogP contribution in [0.15, 0.2) is 65.2 Å². The minimum absolute atomic E-state index is 0.155. The van der Waals surface area contributed by atoms with E-state index in [1.54, 1.807) is 18.3 Å². The quantitative estimate of drug-likeness (QED) is 0.722. The van der Waals surface area contributed by atoms with Crippen LogP contribution in [0.3, 0.4) is 0 Å². The van der Waals surface area contributed by atoms with Crippen LogP contribution in [-0.2, 0) is 0 Å². The highest BCUT2D eigenvalue weighted by Crippen LogP contribution is 2.23. The molecule has 24 heavy (non-hydrogen) atoms. The van der Waals surface area contributed by atoms with E-state index in [2.05, 4.69) is 10.3 Å². The summed E-state index contributed by atoms with van der Waals surface area (Å²) in [5.41, 5.74) is 1.63. The molecule has 0 saturated carbocycles. The molecule has 5 heteroatoms. The molecule has 0 aliphatic heterocycles. The van der Waals surface area contributed by atoms with Crippen molar-refractivity contribution < 1.29 is 13.9 Å². The van der Waals surface area contributed by atoms with Gasteiger partial charge in [0, 0.05) is 12.1 Å². The molecule has 3 aromatic rings. The van der Waals surface area contributed by atoms with E-state index in [9.17, 15) is 9.50 Å². The van der Waals surface area contributed by atoms with Crippen LogP contribution in [0.25, 0.3) is 11.3 Å². The maximum atomic E-state index is 12.9. The molecule has 0 aliphatic rings. The number of oxazole rings is 1. The first kappa shape index (κ1) is 16.4. The van der Waals surface area contributed by atoms with Crippen LogP contribution in [0.2, 0.25) is 0 Å². The second-order valence-electron chi connectivity index (χ2n) is 5.63. The Morgan fingerprint density at radius 2 is 1.83 bits per heavy atom. The Kier molecular flexibility index (Phi) is 5.03. The molecular formula is C19H19FN2O2. The van der Waals surface area contributed by atoms with Gasteiger partial charge in [0.05, 0.1) is 18.3 Å². The van der Waals surface area contributed by atoms with Crippen LogP contribution in [0.4, 0.5) is 4.39 Å². The van der Waals surface area contributed by atoms with Crippen molar-refractivity contribution in [1.29, 1.82) is 0 Å². The van der Waals surface area contributed by atoms with Gasteiger partial charge in [0.1, 0.15) is 5.82 Å². The number of nitrogens with zero attached hydrogens (tertiary/aromatic N) is 1. The Bertz CT molecular complexity index is 772. The molecule has 0 radical (unpaired) electrons. The fraction of sp³-hybridized carbons (Fsp3) is 0.211. The maximum Gasteiger partial charge on any atom is 0.211 e. The van der Waals surface area contributed by atoms with Crippen LogP contribution in [0.5, 0.6) is 0 Å². The summed E-state index contributed by atoms with van der Waals surface area (Å²) in [6.45, 7) is 2.23. The first-order valence-electron chi connectivity index (χ1n) is 7.81. The predicted octanol–water partition coefficient (Wildman–Crippen LogP) is 3.86. The Labute approximate surface area is 140 Å². The number of aliphatic hydroxyl groups is 1. The average molecular weight is 326 g/mol. The van der Waals surface area contributed by atoms with Gasteiger partial charge in [0.25, 0.3) is 0 Å². The molecule has 124 valence electrons. The van der Waals surface area contributed by atoms with E-state index in [-0.39, 0.29) is 11.9 Å². The van der Waals surface area contributed by atoms with Gasteiger partial charge in [0.2, 0.25) is 5.89 Å². The van der Waals surface area contributed by atoms with Crippen molar-refractivity contribution in [3.05, 3.63) is 78.1 Å². The van der Waals surface area contributed by atoms with E-state index in [4.69, 9.17) is 4.42 Å². The number of aromatic nitrogens is 1. The Morgan fingerprint density at radius 1 is 1.12 bits per heavy atom. The Balaban J connectivity index is 1.60. The fourth-order valence-corrected chi connectivity index (χ4v) is 2.40. The van der Waals surface area contributed by atoms with Crippen molar-refractivity contribution in [2.45, 2.75) is 19.1 Å². The third-order valence-corrected chi connectivity index (χ3v) is 3.82. The first-order chi connectivity index (χ1) is 11.6. The highest BCUT2D eigenvalue weighted by Gasteiger charge is 2.15. The number of rotatable bonds is 6. The van der Waals surface area contributed by atoms with Gasteiger partial charge >= 0.3 is 0 Å². The number of hydrogen-bond donors (Lipinski definition) is 2. The lowest BCUT2D eigenvalue weighted by Gasteiger charge is -2.15.